The van der Waals surface area contributed by atoms with E-state index >= 15 is 0 Å². The molecule has 10 nitrogen and oxygen atoms in total. The van der Waals surface area contributed by atoms with E-state index in [1.54, 1.807) is 73.5 Å². The normalized spacial score (nSPS) is 16.6. The van der Waals surface area contributed by atoms with Gasteiger partial charge in [-0.3, -0.25) is 0 Å². The van der Waals surface area contributed by atoms with Crippen molar-refractivity contribution in [3.63, 3.8) is 0 Å². The predicted octanol–water partition coefficient (Wildman–Crippen LogP) is 26.2. The molecule has 0 atom stereocenters. The molecule has 3 aliphatic rings. The minimum atomic E-state index is -3.32. The topological polar surface area (TPSA) is 138 Å². The molecular weight excluding hydrogens is 1780 g/mol. The van der Waals surface area contributed by atoms with Gasteiger partial charge in [0, 0.05) is 85.8 Å². The van der Waals surface area contributed by atoms with Crippen molar-refractivity contribution in [2.24, 2.45) is 35.2 Å². The summed E-state index contributed by atoms with van der Waals surface area (Å²) in [5, 5.41) is 51.1. The second-order valence-electron chi connectivity index (χ2n) is 37.1. The summed E-state index contributed by atoms with van der Waals surface area (Å²) in [5.74, 6) is -6.33. The van der Waals surface area contributed by atoms with E-state index in [4.69, 9.17) is 37.0 Å². The monoisotopic (exact) mass is 1920 g/mol. The molecule has 0 saturated heterocycles. The Labute approximate surface area is 848 Å². The van der Waals surface area contributed by atoms with Gasteiger partial charge >= 0.3 is 357 Å². The number of fused-ring (bicyclic) bond motifs is 15. The van der Waals surface area contributed by atoms with E-state index < -0.39 is 95.0 Å². The summed E-state index contributed by atoms with van der Waals surface area (Å²) < 4.78 is 233. The molecule has 670 valence electrons. The van der Waals surface area contributed by atoms with E-state index in [1.807, 2.05) is 159 Å². The van der Waals surface area contributed by atoms with Crippen molar-refractivity contribution < 1.29 is 59.8 Å². The van der Waals surface area contributed by atoms with Gasteiger partial charge in [-0.15, -0.1) is 0 Å². The fourth-order valence-electron chi connectivity index (χ4n) is 20.2. The third kappa shape index (κ3) is 16.5. The van der Waals surface area contributed by atoms with Crippen LogP contribution in [0.2, 0.25) is 0 Å². The van der Waals surface area contributed by atoms with Crippen LogP contribution in [-0.4, -0.2) is 29.0 Å². The third-order valence-electron chi connectivity index (χ3n) is 27.6. The molecule has 0 fully saturated rings. The Hall–Kier alpha value is -13.6. The first-order chi connectivity index (χ1) is 75.0. The number of nitrogens with zero attached hydrogens (tertiary/aromatic N) is 10. The van der Waals surface area contributed by atoms with Crippen LogP contribution in [0.15, 0.2) is 212 Å². The zero-order chi connectivity index (χ0) is 120. The van der Waals surface area contributed by atoms with E-state index in [0.717, 1.165) is 167 Å². The minimum absolute atomic E-state index is 0.195. The molecule has 12 heteroatoms. The molecular formula is C123H121N10Se2+5. The van der Waals surface area contributed by atoms with E-state index in [2.05, 4.69) is 155 Å². The van der Waals surface area contributed by atoms with Crippen LogP contribution >= 0.6 is 0 Å². The van der Waals surface area contributed by atoms with Gasteiger partial charge < -0.3 is 0 Å². The number of hydrogen-bond acceptors (Lipinski definition) is 5. The fourth-order valence-corrected chi connectivity index (χ4v) is 25.7. The Balaban J connectivity index is 0.000000143. The summed E-state index contributed by atoms with van der Waals surface area (Å²) in [6.45, 7) is 12.2. The van der Waals surface area contributed by atoms with Crippen LogP contribution in [-0.2, 0) is 51.5 Å². The predicted molar refractivity (Wildman–Crippen MR) is 555 cm³/mol. The Bertz CT molecular complexity index is 9360. The molecule has 10 aromatic carbocycles. The quantitative estimate of drug-likeness (QED) is 0.116. The van der Waals surface area contributed by atoms with Gasteiger partial charge in [-0.2, -0.15) is 29.5 Å². The van der Waals surface area contributed by atoms with Crippen LogP contribution in [0.1, 0.15) is 263 Å². The maximum atomic E-state index is 9.74. The first-order valence-corrected chi connectivity index (χ1v) is 47.8. The summed E-state index contributed by atoms with van der Waals surface area (Å²) >= 11 is -0.433. The second-order valence-corrected chi connectivity index (χ2v) is 41.5. The molecule has 0 aliphatic heterocycles. The van der Waals surface area contributed by atoms with Gasteiger partial charge in [0.1, 0.15) is 21.1 Å². The Morgan fingerprint density at radius 2 is 0.704 bits per heavy atom. The Morgan fingerprint density at radius 3 is 1.19 bits per heavy atom. The number of aromatic nitrogens is 5. The zero-order valence-corrected chi connectivity index (χ0v) is 83.1. The molecule has 20 rings (SSSR count). The van der Waals surface area contributed by atoms with Crippen LogP contribution in [0, 0.1) is 146 Å². The van der Waals surface area contributed by atoms with E-state index in [0.29, 0.717) is 55.6 Å². The first-order valence-electron chi connectivity index (χ1n) is 57.9. The Morgan fingerprint density at radius 1 is 0.319 bits per heavy atom. The molecule has 7 aromatic heterocycles. The van der Waals surface area contributed by atoms with Gasteiger partial charge in [-0.05, 0) is 172 Å². The molecule has 0 bridgehead atoms. The van der Waals surface area contributed by atoms with Crippen molar-refractivity contribution in [1.29, 1.82) is 26.3 Å². The number of hydrogen-bond donors (Lipinski definition) is 0. The second kappa shape index (κ2) is 36.3. The average molecular weight is 1920 g/mol. The number of aryl methyl sites for hydroxylation is 11. The molecule has 0 N–H and O–H groups in total. The molecule has 0 radical (unpaired) electrons. The SMILES string of the molecule is [2H]C([2H])([2H])c1cc(C)[n+](C)c(-c2c(C)ccc3c2C(C)(C)c2c(C#N)cccc2-3)c1.[2H]C([2H])([2H])c1cc(C)[n+](C)c(-c2c(C)ccc3c2C(C)(C)c2cc(C#N)ccc2-3)c1.[2H]C([2H])([2H])c1cc(C)[n+](C)c(-c2c(C)ccc3c2C(C)(C)c2ccc(C#N)cc2-3)c1.[2H]c1c(C([2H])(C([2H])([2H])[2H])C([2H])([2H])[2H])c([2H])c(-c2c(C)ccc3c2[se]c2ccc(C#N)cc23)[n+](C)c1C.[2H]c1c(C([2H])(C([2H])([2H])[2H])C([2H])([2H])[2H])c([2H])c(-c2c(C)ccc3c2[se]c2cccc(C#N)c23)[n+](C)c1C. The van der Waals surface area contributed by atoms with Gasteiger partial charge in [-0.25, -0.2) is 0 Å². The first kappa shape index (κ1) is 65.9. The number of nitriles is 5. The van der Waals surface area contributed by atoms with Gasteiger partial charge in [0.15, 0.2) is 17.1 Å². The van der Waals surface area contributed by atoms with Gasteiger partial charge in [0.05, 0.1) is 51.6 Å². The zero-order valence-electron chi connectivity index (χ0n) is 107. The van der Waals surface area contributed by atoms with Crippen molar-refractivity contribution in [3.8, 4) is 120 Å². The van der Waals surface area contributed by atoms with E-state index in [9.17, 15) is 26.3 Å². The van der Waals surface area contributed by atoms with Crippen molar-refractivity contribution in [2.45, 2.75) is 187 Å². The molecule has 0 spiro atoms. The summed E-state index contributed by atoms with van der Waals surface area (Å²) in [6.07, 6.45) is 0. The summed E-state index contributed by atoms with van der Waals surface area (Å²) in [7, 11) is 9.24. The summed E-state index contributed by atoms with van der Waals surface area (Å²) in [4.78, 5) is 0. The van der Waals surface area contributed by atoms with Crippen molar-refractivity contribution in [1.82, 2.24) is 0 Å². The summed E-state index contributed by atoms with van der Waals surface area (Å²) in [6, 6.07) is 69.1. The molecule has 0 amide bonds. The van der Waals surface area contributed by atoms with Crippen LogP contribution in [0.4, 0.5) is 0 Å². The van der Waals surface area contributed by atoms with Gasteiger partial charge in [0.2, 0.25) is 17.1 Å². The van der Waals surface area contributed by atoms with Crippen LogP contribution < -0.4 is 22.8 Å². The van der Waals surface area contributed by atoms with Crippen molar-refractivity contribution in [2.75, 3.05) is 0 Å². The fraction of sp³-hybridized carbons (Fsp3) is 0.268. The van der Waals surface area contributed by atoms with Crippen LogP contribution in [0.5, 0.6) is 0 Å². The maximum absolute atomic E-state index is 9.74. The van der Waals surface area contributed by atoms with Crippen molar-refractivity contribution >= 4 is 67.6 Å². The summed E-state index contributed by atoms with van der Waals surface area (Å²) in [5.41, 5.74) is 31.2. The average Bonchev–Trinajstić information content (AvgIpc) is 1.68. The van der Waals surface area contributed by atoms with Crippen LogP contribution in [0.25, 0.3) is 128 Å². The number of rotatable bonds is 7. The van der Waals surface area contributed by atoms with Gasteiger partial charge in [0.25, 0.3) is 0 Å². The number of benzene rings is 10. The molecule has 17 aromatic rings. The van der Waals surface area contributed by atoms with Gasteiger partial charge in [-0.1, -0.05) is 102 Å². The van der Waals surface area contributed by atoms with Crippen LogP contribution in [0.3, 0.4) is 0 Å². The molecule has 0 saturated carbocycles. The van der Waals surface area contributed by atoms with E-state index in [-0.39, 0.29) is 68.0 Å². The number of pyridine rings is 5. The molecule has 0 unspecified atom stereocenters. The molecule has 135 heavy (non-hydrogen) atoms. The molecule has 3 aliphatic carbocycles. The molecule has 7 heterocycles. The van der Waals surface area contributed by atoms with E-state index in [1.165, 1.54) is 16.7 Å². The standard InChI is InChI=1S/3C25H25N2.2C24H23N2Se/c1-15-11-17(3)27(6)22(12-15)23-16(2)7-9-20-19-10-8-18(14-26)13-21(19)25(4,5)24(20)23;1-15-11-17(3)27(6)22(12-15)23-16(2)7-9-19-20-13-18(14-26)8-10-21(20)25(4,5)24(19)23;1-15-12-17(3)27(6)21(13-15)22-16(2)10-11-20-19-9-7-8-18(14-26)23(19)25(4,5)24(20)22;1-14(2)18-10-16(4)26(5)21(12-18)23-15(3)6-8-19-20-11-17(13-25)7-9-22(20)27-24(19)23;1-14(2)18-11-16(4)26(5)20(12-18)22-15(3)9-10-19-23-17(13-25)7-6-8-21(23)27-24(19)22/h3*7-13H,1-6H3;2*6-12,14H,1-5H3/q5*+1/i3*1D3;1D3,2D3,10D,12D,14D;1D3,2D3,11D,12D,14D. The third-order valence-corrected chi connectivity index (χ3v) is 32.6. The Kier molecular flexibility index (Phi) is 17.8. The van der Waals surface area contributed by atoms with Crippen molar-refractivity contribution in [3.05, 3.63) is 358 Å².